The van der Waals surface area contributed by atoms with Crippen LogP contribution in [0.5, 0.6) is 17.2 Å². The SMILES string of the molecule is CC(C)(C)Oc1ccc([S+](c2ccc(OCC(C(F)(F)F)(C(F)(F)F)C(F)(F)F)cc2)c2ccc(OC(C(F)(F)F)C(F)(F)S(=O)(=O)O)cc2)cc1. The maximum Gasteiger partial charge on any atom is 0.432 e. The van der Waals surface area contributed by atoms with E-state index in [-0.39, 0.29) is 9.79 Å². The Morgan fingerprint density at radius 1 is 0.596 bits per heavy atom. The standard InChI is InChI=1S/C30H24F14O6S2/c1-24(2,3)50-19-8-14-22(15-9-19)51(21-12-6-18(7-13-21)49-23(26(31,32)33)27(34,35)52(45,46)47)20-10-4-17(5-11-20)48-16-25(28(36,37)38,29(39,40)41)30(42,43)44/h4-15,23H,16H2,1-3H3/p+1. The van der Waals surface area contributed by atoms with Crippen molar-refractivity contribution in [3.8, 4) is 17.2 Å². The van der Waals surface area contributed by atoms with E-state index in [0.717, 1.165) is 48.5 Å². The zero-order chi connectivity index (χ0) is 39.9. The molecular formula is C30H25F14O6S2+. The van der Waals surface area contributed by atoms with E-state index >= 15 is 0 Å². The Morgan fingerprint density at radius 2 is 0.942 bits per heavy atom. The molecule has 0 spiro atoms. The first-order chi connectivity index (χ1) is 23.3. The van der Waals surface area contributed by atoms with Gasteiger partial charge in [0.1, 0.15) is 29.5 Å². The van der Waals surface area contributed by atoms with Crippen molar-refractivity contribution in [2.75, 3.05) is 6.61 Å². The van der Waals surface area contributed by atoms with Gasteiger partial charge >= 0.3 is 40.1 Å². The normalized spacial score (nSPS) is 15.2. The fourth-order valence-electron chi connectivity index (χ4n) is 4.25. The molecule has 0 saturated heterocycles. The minimum absolute atomic E-state index is 0.154. The number of ether oxygens (including phenoxy) is 3. The molecule has 0 bridgehead atoms. The number of hydrogen-bond acceptors (Lipinski definition) is 5. The average molecular weight is 812 g/mol. The molecule has 0 amide bonds. The zero-order valence-electron chi connectivity index (χ0n) is 26.3. The van der Waals surface area contributed by atoms with Gasteiger partial charge in [0.05, 0.1) is 10.9 Å². The fraction of sp³-hybridized carbons (Fsp3) is 0.400. The van der Waals surface area contributed by atoms with Crippen molar-refractivity contribution in [2.45, 2.75) is 77.1 Å². The highest BCUT2D eigenvalue weighted by Gasteiger charge is 2.84. The molecule has 2 unspecified atom stereocenters. The van der Waals surface area contributed by atoms with Crippen molar-refractivity contribution in [1.82, 2.24) is 0 Å². The van der Waals surface area contributed by atoms with E-state index in [1.165, 1.54) is 24.3 Å². The highest BCUT2D eigenvalue weighted by Crippen LogP contribution is 2.59. The predicted octanol–water partition coefficient (Wildman–Crippen LogP) is 9.80. The Bertz CT molecular complexity index is 1730. The molecule has 290 valence electrons. The predicted molar refractivity (Wildman–Crippen MR) is 155 cm³/mol. The summed E-state index contributed by atoms with van der Waals surface area (Å²) in [6.07, 6.45) is -31.0. The van der Waals surface area contributed by atoms with Gasteiger partial charge in [-0.1, -0.05) is 0 Å². The first-order valence-corrected chi connectivity index (χ1v) is 16.6. The second-order valence-corrected chi connectivity index (χ2v) is 15.2. The van der Waals surface area contributed by atoms with Gasteiger partial charge in [-0.3, -0.25) is 4.55 Å². The lowest BCUT2D eigenvalue weighted by atomic mass is 9.86. The van der Waals surface area contributed by atoms with E-state index in [2.05, 4.69) is 9.47 Å². The van der Waals surface area contributed by atoms with Gasteiger partial charge in [0.2, 0.25) is 0 Å². The molecule has 0 fully saturated rings. The van der Waals surface area contributed by atoms with Gasteiger partial charge in [-0.15, -0.1) is 0 Å². The van der Waals surface area contributed by atoms with Crippen LogP contribution in [0.3, 0.4) is 0 Å². The quantitative estimate of drug-likeness (QED) is 0.118. The molecule has 52 heavy (non-hydrogen) atoms. The van der Waals surface area contributed by atoms with E-state index in [0.29, 0.717) is 10.6 Å². The molecule has 0 radical (unpaired) electrons. The second-order valence-electron chi connectivity index (χ2n) is 11.7. The van der Waals surface area contributed by atoms with Crippen molar-refractivity contribution in [1.29, 1.82) is 0 Å². The van der Waals surface area contributed by atoms with E-state index < -0.39 is 86.2 Å². The smallest absolute Gasteiger partial charge is 0.432 e. The molecule has 0 saturated carbocycles. The summed E-state index contributed by atoms with van der Waals surface area (Å²) in [5, 5.41) is -5.84. The Hall–Kier alpha value is -3.66. The minimum atomic E-state index is -6.86. The van der Waals surface area contributed by atoms with Crippen LogP contribution in [-0.2, 0) is 21.0 Å². The van der Waals surface area contributed by atoms with Crippen LogP contribution >= 0.6 is 0 Å². The lowest BCUT2D eigenvalue weighted by molar-refractivity contribution is -0.431. The largest absolute Gasteiger partial charge is 0.492 e. The molecule has 1 N–H and O–H groups in total. The lowest BCUT2D eigenvalue weighted by Gasteiger charge is -2.38. The average Bonchev–Trinajstić information content (AvgIpc) is 2.94. The van der Waals surface area contributed by atoms with Crippen LogP contribution in [0.15, 0.2) is 87.5 Å². The number of halogens is 14. The third-order valence-corrected chi connectivity index (χ3v) is 9.84. The number of alkyl halides is 14. The van der Waals surface area contributed by atoms with Crippen LogP contribution in [0.25, 0.3) is 0 Å². The minimum Gasteiger partial charge on any atom is -0.492 e. The second kappa shape index (κ2) is 14.3. The topological polar surface area (TPSA) is 82.1 Å². The Labute approximate surface area is 288 Å². The molecule has 0 aliphatic rings. The third-order valence-electron chi connectivity index (χ3n) is 6.71. The van der Waals surface area contributed by atoms with Crippen LogP contribution < -0.4 is 14.2 Å². The van der Waals surface area contributed by atoms with Gasteiger partial charge in [-0.2, -0.15) is 69.9 Å². The van der Waals surface area contributed by atoms with Gasteiger partial charge in [-0.25, -0.2) is 0 Å². The Balaban J connectivity index is 2.05. The van der Waals surface area contributed by atoms with Crippen molar-refractivity contribution >= 4 is 21.0 Å². The van der Waals surface area contributed by atoms with E-state index in [4.69, 9.17) is 9.29 Å². The van der Waals surface area contributed by atoms with E-state index in [1.807, 2.05) is 0 Å². The van der Waals surface area contributed by atoms with Gasteiger partial charge in [0.15, 0.2) is 14.7 Å². The first-order valence-electron chi connectivity index (χ1n) is 14.0. The van der Waals surface area contributed by atoms with E-state index in [1.54, 1.807) is 20.8 Å². The first kappa shape index (κ1) is 42.8. The summed E-state index contributed by atoms with van der Waals surface area (Å²) < 4.78 is 233. The van der Waals surface area contributed by atoms with Gasteiger partial charge in [0.25, 0.3) is 11.5 Å². The highest BCUT2D eigenvalue weighted by atomic mass is 32.2. The van der Waals surface area contributed by atoms with Gasteiger partial charge < -0.3 is 14.2 Å². The molecule has 22 heteroatoms. The monoisotopic (exact) mass is 811 g/mol. The zero-order valence-corrected chi connectivity index (χ0v) is 27.9. The summed E-state index contributed by atoms with van der Waals surface area (Å²) >= 11 is 0. The summed E-state index contributed by atoms with van der Waals surface area (Å²) in [4.78, 5) is 0.686. The van der Waals surface area contributed by atoms with Crippen LogP contribution in [0, 0.1) is 5.41 Å². The van der Waals surface area contributed by atoms with Crippen molar-refractivity contribution in [3.05, 3.63) is 72.8 Å². The summed E-state index contributed by atoms with van der Waals surface area (Å²) in [7, 11) is -8.02. The van der Waals surface area contributed by atoms with Crippen LogP contribution in [0.2, 0.25) is 0 Å². The molecule has 0 aliphatic heterocycles. The Morgan fingerprint density at radius 3 is 1.25 bits per heavy atom. The molecule has 3 aromatic rings. The van der Waals surface area contributed by atoms with E-state index in [9.17, 15) is 69.9 Å². The van der Waals surface area contributed by atoms with Gasteiger partial charge in [-0.05, 0) is 93.6 Å². The molecule has 0 aliphatic carbocycles. The maximum atomic E-state index is 14.0. The van der Waals surface area contributed by atoms with Crippen LogP contribution in [-0.4, -0.2) is 61.2 Å². The molecule has 0 aromatic heterocycles. The third kappa shape index (κ3) is 9.28. The number of rotatable bonds is 11. The summed E-state index contributed by atoms with van der Waals surface area (Å²) in [6, 6.07) is 13.2. The van der Waals surface area contributed by atoms with Crippen LogP contribution in [0.4, 0.5) is 61.5 Å². The van der Waals surface area contributed by atoms with Crippen molar-refractivity contribution in [3.63, 3.8) is 0 Å². The highest BCUT2D eigenvalue weighted by molar-refractivity contribution is 7.97. The molecule has 3 rings (SSSR count). The molecule has 3 aromatic carbocycles. The number of benzene rings is 3. The summed E-state index contributed by atoms with van der Waals surface area (Å²) in [6.45, 7) is 2.28. The Kier molecular flexibility index (Phi) is 11.7. The summed E-state index contributed by atoms with van der Waals surface area (Å²) in [5.74, 6) is -1.43. The molecule has 0 heterocycles. The maximum absolute atomic E-state index is 14.0. The fourth-order valence-corrected chi connectivity index (χ4v) is 6.74. The summed E-state index contributed by atoms with van der Waals surface area (Å²) in [5.41, 5.74) is -6.90. The number of hydrogen-bond donors (Lipinski definition) is 1. The van der Waals surface area contributed by atoms with Crippen LogP contribution in [0.1, 0.15) is 20.8 Å². The van der Waals surface area contributed by atoms with Crippen molar-refractivity contribution < 1.29 is 88.6 Å². The molecule has 2 atom stereocenters. The molecule has 6 nitrogen and oxygen atoms in total. The van der Waals surface area contributed by atoms with Gasteiger partial charge in [0, 0.05) is 0 Å². The lowest BCUT2D eigenvalue weighted by Crippen LogP contribution is -2.62. The molecular weight excluding hydrogens is 786 g/mol. The van der Waals surface area contributed by atoms with Crippen molar-refractivity contribution in [2.24, 2.45) is 5.41 Å².